The summed E-state index contributed by atoms with van der Waals surface area (Å²) in [7, 11) is 0. The van der Waals surface area contributed by atoms with Crippen LogP contribution in [0, 0.1) is 3.57 Å². The predicted octanol–water partition coefficient (Wildman–Crippen LogP) is 8.31. The number of alkyl halides is 18. The van der Waals surface area contributed by atoms with Crippen LogP contribution in [0.15, 0.2) is 24.3 Å². The van der Waals surface area contributed by atoms with Crippen molar-refractivity contribution in [1.29, 1.82) is 0 Å². The second-order valence-corrected chi connectivity index (χ2v) is 7.61. The van der Waals surface area contributed by atoms with E-state index in [1.54, 1.807) is 0 Å². The molecule has 0 fully saturated rings. The summed E-state index contributed by atoms with van der Waals surface area (Å²) in [5.41, 5.74) is -1.60. The summed E-state index contributed by atoms with van der Waals surface area (Å²) in [6.45, 7) is 0. The Balaban J connectivity index is 3.70. The quantitative estimate of drug-likeness (QED) is 0.196. The zero-order valence-corrected chi connectivity index (χ0v) is 17.2. The summed E-state index contributed by atoms with van der Waals surface area (Å²) in [5, 5.41) is 0. The van der Waals surface area contributed by atoms with Crippen LogP contribution >= 0.6 is 22.6 Å². The van der Waals surface area contributed by atoms with E-state index in [1.165, 1.54) is 0 Å². The highest BCUT2D eigenvalue weighted by atomic mass is 127. The maximum atomic E-state index is 14.0. The van der Waals surface area contributed by atoms with Crippen LogP contribution in [-0.2, 0) is 0 Å². The first-order valence-corrected chi connectivity index (χ1v) is 8.85. The molecule has 0 nitrogen and oxygen atoms in total. The first kappa shape index (κ1) is 30.7. The SMILES string of the molecule is FC(c1ccccc1I)C(F)(F)C(F)(F)C(F)(F)C(F)(F)C(F)(F)C(F)(F)C(F)(F)C(F)(F)F. The lowest BCUT2D eigenvalue weighted by molar-refractivity contribution is -0.463. The molecular weight excluding hydrogens is 649 g/mol. The molecule has 1 atom stereocenters. The maximum absolute atomic E-state index is 14.0. The van der Waals surface area contributed by atoms with Gasteiger partial charge >= 0.3 is 47.6 Å². The zero-order chi connectivity index (χ0) is 27.6. The highest BCUT2D eigenvalue weighted by Crippen LogP contribution is 2.65. The second kappa shape index (κ2) is 8.38. The molecule has 1 rings (SSSR count). The van der Waals surface area contributed by atoms with Crippen molar-refractivity contribution in [3.05, 3.63) is 33.4 Å². The van der Waals surface area contributed by atoms with Crippen LogP contribution in [0.4, 0.5) is 79.0 Å². The summed E-state index contributed by atoms with van der Waals surface area (Å²) in [4.78, 5) is 0. The van der Waals surface area contributed by atoms with Gasteiger partial charge in [-0.3, -0.25) is 0 Å². The predicted molar refractivity (Wildman–Crippen MR) is 83.7 cm³/mol. The van der Waals surface area contributed by atoms with Crippen LogP contribution < -0.4 is 0 Å². The minimum absolute atomic E-state index is 0.222. The molecule has 0 aliphatic heterocycles. The van der Waals surface area contributed by atoms with Crippen LogP contribution in [0.1, 0.15) is 11.7 Å². The first-order valence-electron chi connectivity index (χ1n) is 7.77. The molecule has 0 aliphatic carbocycles. The Morgan fingerprint density at radius 3 is 1.18 bits per heavy atom. The summed E-state index contributed by atoms with van der Waals surface area (Å²) in [6.07, 6.45) is -12.5. The van der Waals surface area contributed by atoms with Crippen molar-refractivity contribution in [2.24, 2.45) is 0 Å². The molecule has 0 radical (unpaired) electrons. The van der Waals surface area contributed by atoms with Crippen molar-refractivity contribution in [3.8, 4) is 0 Å². The fourth-order valence-electron chi connectivity index (χ4n) is 2.21. The molecule has 0 saturated heterocycles. The minimum atomic E-state index is -8.74. The van der Waals surface area contributed by atoms with Gasteiger partial charge in [-0.2, -0.15) is 74.6 Å². The van der Waals surface area contributed by atoms with Gasteiger partial charge in [0.2, 0.25) is 0 Å². The number of hydrogen-bond donors (Lipinski definition) is 0. The van der Waals surface area contributed by atoms with Crippen LogP contribution in [0.5, 0.6) is 0 Å². The van der Waals surface area contributed by atoms with Crippen molar-refractivity contribution in [2.45, 2.75) is 53.8 Å². The smallest absolute Gasteiger partial charge is 0.235 e. The van der Waals surface area contributed by atoms with Gasteiger partial charge in [0.15, 0.2) is 6.17 Å². The molecule has 19 heteroatoms. The number of benzene rings is 1. The summed E-state index contributed by atoms with van der Waals surface area (Å²) in [6, 6.07) is 2.50. The molecule has 0 aliphatic rings. The molecule has 0 aromatic heterocycles. The van der Waals surface area contributed by atoms with Crippen molar-refractivity contribution < 1.29 is 79.0 Å². The average Bonchev–Trinajstić information content (AvgIpc) is 2.65. The van der Waals surface area contributed by atoms with Gasteiger partial charge in [0.25, 0.3) is 0 Å². The van der Waals surface area contributed by atoms with E-state index in [0.29, 0.717) is 12.1 Å². The van der Waals surface area contributed by atoms with E-state index in [2.05, 4.69) is 0 Å². The van der Waals surface area contributed by atoms with Gasteiger partial charge < -0.3 is 0 Å². The van der Waals surface area contributed by atoms with Crippen LogP contribution in [-0.4, -0.2) is 47.6 Å². The molecule has 0 spiro atoms. The fourth-order valence-corrected chi connectivity index (χ4v) is 2.87. The van der Waals surface area contributed by atoms with Gasteiger partial charge in [-0.1, -0.05) is 18.2 Å². The zero-order valence-electron chi connectivity index (χ0n) is 15.1. The Morgan fingerprint density at radius 2 is 0.824 bits per heavy atom. The van der Waals surface area contributed by atoms with Crippen molar-refractivity contribution >= 4 is 22.6 Å². The molecule has 0 heterocycles. The summed E-state index contributed by atoms with van der Waals surface area (Å²) >= 11 is 0.957. The Labute approximate surface area is 189 Å². The highest BCUT2D eigenvalue weighted by Gasteiger charge is 2.95. The van der Waals surface area contributed by atoms with Gasteiger partial charge in [-0.05, 0) is 28.7 Å². The molecule has 1 unspecified atom stereocenters. The largest absolute Gasteiger partial charge is 0.460 e. The van der Waals surface area contributed by atoms with Gasteiger partial charge in [0.1, 0.15) is 0 Å². The van der Waals surface area contributed by atoms with E-state index in [1.807, 2.05) is 0 Å². The molecule has 0 bridgehead atoms. The van der Waals surface area contributed by atoms with Gasteiger partial charge in [0, 0.05) is 9.13 Å². The average molecular weight is 654 g/mol. The standard InChI is InChI=1S/C15H5F18I/c16-7(5-3-1-2-4-6(5)34)8(17,18)9(19,20)10(21,22)11(23,24)12(25,26)13(27,28)14(29,30)15(31,32)33/h1-4,7H. The van der Waals surface area contributed by atoms with Crippen molar-refractivity contribution in [3.63, 3.8) is 0 Å². The molecule has 34 heavy (non-hydrogen) atoms. The molecule has 0 amide bonds. The summed E-state index contributed by atoms with van der Waals surface area (Å²) in [5.74, 6) is -58.0. The fraction of sp³-hybridized carbons (Fsp3) is 0.600. The number of hydrogen-bond acceptors (Lipinski definition) is 0. The van der Waals surface area contributed by atoms with Crippen LogP contribution in [0.2, 0.25) is 0 Å². The first-order chi connectivity index (χ1) is 14.7. The molecule has 1 aromatic rings. The highest BCUT2D eigenvalue weighted by molar-refractivity contribution is 14.1. The minimum Gasteiger partial charge on any atom is -0.235 e. The van der Waals surface area contributed by atoms with E-state index >= 15 is 0 Å². The third-order valence-corrected chi connectivity index (χ3v) is 5.23. The third kappa shape index (κ3) is 3.96. The van der Waals surface area contributed by atoms with E-state index in [4.69, 9.17) is 0 Å². The lowest BCUT2D eigenvalue weighted by Crippen LogP contribution is -2.74. The van der Waals surface area contributed by atoms with Crippen LogP contribution in [0.25, 0.3) is 0 Å². The van der Waals surface area contributed by atoms with E-state index in [0.717, 1.165) is 28.7 Å². The monoisotopic (exact) mass is 654 g/mol. The number of rotatable bonds is 8. The van der Waals surface area contributed by atoms with Gasteiger partial charge in [-0.25, -0.2) is 4.39 Å². The van der Waals surface area contributed by atoms with E-state index in [9.17, 15) is 79.0 Å². The Hall–Kier alpha value is -1.31. The van der Waals surface area contributed by atoms with Crippen molar-refractivity contribution in [2.75, 3.05) is 0 Å². The summed E-state index contributed by atoms with van der Waals surface area (Å²) < 4.78 is 237. The van der Waals surface area contributed by atoms with Crippen LogP contribution in [0.3, 0.4) is 0 Å². The molecule has 0 saturated carbocycles. The Bertz CT molecular complexity index is 886. The lowest BCUT2D eigenvalue weighted by atomic mass is 9.87. The van der Waals surface area contributed by atoms with Crippen molar-refractivity contribution in [1.82, 2.24) is 0 Å². The Kier molecular flexibility index (Phi) is 7.57. The topological polar surface area (TPSA) is 0 Å². The molecule has 0 N–H and O–H groups in total. The molecule has 1 aromatic carbocycles. The number of halogens is 19. The Morgan fingerprint density at radius 1 is 0.500 bits per heavy atom. The molecule has 198 valence electrons. The normalized spacial score (nSPS) is 16.6. The van der Waals surface area contributed by atoms with Gasteiger partial charge in [0.05, 0.1) is 0 Å². The van der Waals surface area contributed by atoms with Gasteiger partial charge in [-0.15, -0.1) is 0 Å². The molecular formula is C15H5F18I. The van der Waals surface area contributed by atoms with E-state index < -0.39 is 62.9 Å². The lowest BCUT2D eigenvalue weighted by Gasteiger charge is -2.43. The third-order valence-electron chi connectivity index (χ3n) is 4.24. The van der Waals surface area contributed by atoms with E-state index in [-0.39, 0.29) is 6.07 Å². The second-order valence-electron chi connectivity index (χ2n) is 6.45. The maximum Gasteiger partial charge on any atom is 0.460 e.